The van der Waals surface area contributed by atoms with Crippen molar-refractivity contribution in [2.24, 2.45) is 0 Å². The summed E-state index contributed by atoms with van der Waals surface area (Å²) in [7, 11) is 2.15. The number of thioether (sulfide) groups is 1. The van der Waals surface area contributed by atoms with E-state index in [0.717, 1.165) is 0 Å². The Morgan fingerprint density at radius 1 is 1.24 bits per heavy atom. The molecule has 1 N–H and O–H groups in total. The van der Waals surface area contributed by atoms with E-state index in [0.29, 0.717) is 10.8 Å². The molecular formula is C15H27NS. The molecule has 2 atom stereocenters. The molecule has 2 heteroatoms. The maximum atomic E-state index is 3.61. The summed E-state index contributed by atoms with van der Waals surface area (Å²) in [5.41, 5.74) is 1.70. The van der Waals surface area contributed by atoms with Gasteiger partial charge < -0.3 is 5.32 Å². The number of nitrogens with one attached hydrogen (secondary N) is 1. The summed E-state index contributed by atoms with van der Waals surface area (Å²) in [5.74, 6) is 1.35. The molecule has 17 heavy (non-hydrogen) atoms. The molecule has 1 saturated heterocycles. The number of rotatable bonds is 3. The first-order valence-electron chi connectivity index (χ1n) is 7.26. The SMILES string of the molecule is CNC(C1=CCCCCCC1)C1(C)CCCS1. The highest BCUT2D eigenvalue weighted by molar-refractivity contribution is 8.00. The fourth-order valence-electron chi connectivity index (χ4n) is 3.39. The van der Waals surface area contributed by atoms with E-state index >= 15 is 0 Å². The molecule has 1 fully saturated rings. The molecule has 0 aromatic rings. The van der Waals surface area contributed by atoms with Crippen LogP contribution in [0, 0.1) is 0 Å². The van der Waals surface area contributed by atoms with Gasteiger partial charge in [0, 0.05) is 10.8 Å². The fourth-order valence-corrected chi connectivity index (χ4v) is 4.87. The van der Waals surface area contributed by atoms with Gasteiger partial charge in [0.2, 0.25) is 0 Å². The van der Waals surface area contributed by atoms with E-state index in [1.165, 1.54) is 57.1 Å². The largest absolute Gasteiger partial charge is 0.312 e. The van der Waals surface area contributed by atoms with E-state index in [4.69, 9.17) is 0 Å². The first kappa shape index (κ1) is 13.5. The van der Waals surface area contributed by atoms with Crippen LogP contribution in [0.25, 0.3) is 0 Å². The van der Waals surface area contributed by atoms with Crippen molar-refractivity contribution >= 4 is 11.8 Å². The third-order valence-electron chi connectivity index (χ3n) is 4.35. The van der Waals surface area contributed by atoms with Gasteiger partial charge in [-0.15, -0.1) is 0 Å². The number of hydrogen-bond donors (Lipinski definition) is 1. The van der Waals surface area contributed by atoms with Crippen LogP contribution in [0.1, 0.15) is 58.3 Å². The van der Waals surface area contributed by atoms with Crippen LogP contribution < -0.4 is 5.32 Å². The summed E-state index contributed by atoms with van der Waals surface area (Å²) < 4.78 is 0.444. The molecular weight excluding hydrogens is 226 g/mol. The van der Waals surface area contributed by atoms with Crippen molar-refractivity contribution < 1.29 is 0 Å². The molecule has 1 aliphatic carbocycles. The molecule has 0 bridgehead atoms. The molecule has 0 spiro atoms. The molecule has 98 valence electrons. The molecule has 0 radical (unpaired) electrons. The highest BCUT2D eigenvalue weighted by Gasteiger charge is 2.38. The average Bonchev–Trinajstić information content (AvgIpc) is 2.70. The minimum atomic E-state index is 0.444. The number of allylic oxidation sites excluding steroid dienone is 1. The van der Waals surface area contributed by atoms with E-state index in [1.54, 1.807) is 5.57 Å². The molecule has 0 aromatic heterocycles. The van der Waals surface area contributed by atoms with Gasteiger partial charge in [-0.2, -0.15) is 11.8 Å². The van der Waals surface area contributed by atoms with Crippen molar-refractivity contribution in [1.82, 2.24) is 5.32 Å². The zero-order chi connectivity index (χ0) is 12.1. The second-order valence-corrected chi connectivity index (χ2v) is 7.35. The zero-order valence-electron chi connectivity index (χ0n) is 11.4. The van der Waals surface area contributed by atoms with Gasteiger partial charge in [-0.25, -0.2) is 0 Å². The summed E-state index contributed by atoms with van der Waals surface area (Å²) in [6.07, 6.45) is 13.6. The van der Waals surface area contributed by atoms with Gasteiger partial charge in [-0.1, -0.05) is 24.5 Å². The Bertz CT molecular complexity index is 266. The van der Waals surface area contributed by atoms with Crippen molar-refractivity contribution in [2.45, 2.75) is 69.1 Å². The molecule has 0 saturated carbocycles. The van der Waals surface area contributed by atoms with Gasteiger partial charge in [0.15, 0.2) is 0 Å². The first-order chi connectivity index (χ1) is 8.26. The summed E-state index contributed by atoms with van der Waals surface area (Å²) in [6.45, 7) is 2.46. The van der Waals surface area contributed by atoms with Gasteiger partial charge in [-0.05, 0) is 58.2 Å². The monoisotopic (exact) mass is 253 g/mol. The van der Waals surface area contributed by atoms with Crippen LogP contribution in [-0.2, 0) is 0 Å². The predicted octanol–water partition coefficient (Wildman–Crippen LogP) is 4.14. The van der Waals surface area contributed by atoms with Crippen molar-refractivity contribution in [1.29, 1.82) is 0 Å². The van der Waals surface area contributed by atoms with Crippen molar-refractivity contribution in [2.75, 3.05) is 12.8 Å². The topological polar surface area (TPSA) is 12.0 Å². The van der Waals surface area contributed by atoms with Crippen LogP contribution in [0.15, 0.2) is 11.6 Å². The van der Waals surface area contributed by atoms with Crippen LogP contribution in [0.2, 0.25) is 0 Å². The molecule has 2 unspecified atom stereocenters. The van der Waals surface area contributed by atoms with E-state index in [1.807, 2.05) is 0 Å². The lowest BCUT2D eigenvalue weighted by Gasteiger charge is -2.35. The van der Waals surface area contributed by atoms with E-state index in [2.05, 4.69) is 37.1 Å². The normalized spacial score (nSPS) is 32.7. The highest BCUT2D eigenvalue weighted by atomic mass is 32.2. The Hall–Kier alpha value is 0.0500. The van der Waals surface area contributed by atoms with E-state index in [9.17, 15) is 0 Å². The number of hydrogen-bond acceptors (Lipinski definition) is 2. The third kappa shape index (κ3) is 3.29. The first-order valence-corrected chi connectivity index (χ1v) is 8.25. The van der Waals surface area contributed by atoms with Crippen LogP contribution in [0.4, 0.5) is 0 Å². The van der Waals surface area contributed by atoms with Crippen molar-refractivity contribution in [3.05, 3.63) is 11.6 Å². The summed E-state index contributed by atoms with van der Waals surface area (Å²) in [4.78, 5) is 0. The molecule has 2 aliphatic rings. The zero-order valence-corrected chi connectivity index (χ0v) is 12.2. The fraction of sp³-hybridized carbons (Fsp3) is 0.867. The minimum absolute atomic E-state index is 0.444. The highest BCUT2D eigenvalue weighted by Crippen LogP contribution is 2.43. The van der Waals surface area contributed by atoms with Crippen LogP contribution >= 0.6 is 11.8 Å². The Balaban J connectivity index is 2.10. The van der Waals surface area contributed by atoms with Crippen molar-refractivity contribution in [3.8, 4) is 0 Å². The maximum Gasteiger partial charge on any atom is 0.0423 e. The summed E-state index contributed by atoms with van der Waals surface area (Å²) in [5, 5.41) is 3.61. The molecule has 2 rings (SSSR count). The smallest absolute Gasteiger partial charge is 0.0423 e. The molecule has 1 nitrogen and oxygen atoms in total. The van der Waals surface area contributed by atoms with E-state index in [-0.39, 0.29) is 0 Å². The Morgan fingerprint density at radius 3 is 2.76 bits per heavy atom. The standard InChI is InChI=1S/C15H27NS/c1-15(11-8-12-17-15)14(16-2)13-9-6-4-3-5-7-10-13/h9,14,16H,3-8,10-12H2,1-2H3. The Morgan fingerprint density at radius 2 is 2.06 bits per heavy atom. The second-order valence-electron chi connectivity index (χ2n) is 5.72. The third-order valence-corrected chi connectivity index (χ3v) is 5.94. The minimum Gasteiger partial charge on any atom is -0.312 e. The van der Waals surface area contributed by atoms with Crippen molar-refractivity contribution in [3.63, 3.8) is 0 Å². The van der Waals surface area contributed by atoms with Gasteiger partial charge in [-0.3, -0.25) is 0 Å². The van der Waals surface area contributed by atoms with Crippen LogP contribution in [0.3, 0.4) is 0 Å². The summed E-state index contributed by atoms with van der Waals surface area (Å²) in [6, 6.07) is 0.605. The maximum absolute atomic E-state index is 3.61. The summed E-state index contributed by atoms with van der Waals surface area (Å²) >= 11 is 2.18. The molecule has 0 amide bonds. The second kappa shape index (κ2) is 6.29. The molecule has 1 heterocycles. The van der Waals surface area contributed by atoms with Crippen LogP contribution in [0.5, 0.6) is 0 Å². The lowest BCUT2D eigenvalue weighted by atomic mass is 9.85. The number of likely N-dealkylation sites (N-methyl/N-ethyl adjacent to an activating group) is 1. The lowest BCUT2D eigenvalue weighted by molar-refractivity contribution is 0.452. The lowest BCUT2D eigenvalue weighted by Crippen LogP contribution is -2.45. The quantitative estimate of drug-likeness (QED) is 0.759. The Labute approximate surface area is 111 Å². The average molecular weight is 253 g/mol. The predicted molar refractivity (Wildman–Crippen MR) is 78.7 cm³/mol. The van der Waals surface area contributed by atoms with E-state index < -0.39 is 0 Å². The molecule has 1 aliphatic heterocycles. The van der Waals surface area contributed by atoms with Gasteiger partial charge in [0.25, 0.3) is 0 Å². The van der Waals surface area contributed by atoms with Gasteiger partial charge >= 0.3 is 0 Å². The van der Waals surface area contributed by atoms with Gasteiger partial charge in [0.05, 0.1) is 0 Å². The molecule has 0 aromatic carbocycles. The van der Waals surface area contributed by atoms with Crippen LogP contribution in [-0.4, -0.2) is 23.6 Å². The van der Waals surface area contributed by atoms with Gasteiger partial charge in [0.1, 0.15) is 0 Å². The Kier molecular flexibility index (Phi) is 4.98.